The third-order valence-electron chi connectivity index (χ3n) is 8.72. The number of nitrogens with one attached hydrogen (secondary N) is 1. The number of carbonyl (C=O) groups is 2. The monoisotopic (exact) mass is 617 g/mol. The molecular formula is C33H39N5O7. The molecule has 45 heavy (non-hydrogen) atoms. The molecule has 2 fully saturated rings. The van der Waals surface area contributed by atoms with E-state index in [0.29, 0.717) is 71.7 Å². The molecule has 4 aliphatic rings. The first-order valence-corrected chi connectivity index (χ1v) is 15.1. The lowest BCUT2D eigenvalue weighted by Gasteiger charge is -2.36. The lowest BCUT2D eigenvalue weighted by molar-refractivity contribution is 0.0159. The third kappa shape index (κ3) is 5.59. The second-order valence-electron chi connectivity index (χ2n) is 11.9. The fourth-order valence-electron chi connectivity index (χ4n) is 6.32. The van der Waals surface area contributed by atoms with Crippen LogP contribution in [0.4, 0.5) is 11.4 Å². The van der Waals surface area contributed by atoms with Crippen LogP contribution in [-0.2, 0) is 0 Å². The number of aliphatic imine (C=N–C) groups is 1. The summed E-state index contributed by atoms with van der Waals surface area (Å²) in [4.78, 5) is 34.4. The molecule has 2 amide bonds. The van der Waals surface area contributed by atoms with Crippen LogP contribution >= 0.6 is 0 Å². The minimum Gasteiger partial charge on any atom is -0.493 e. The summed E-state index contributed by atoms with van der Waals surface area (Å²) in [5.41, 5.74) is 8.79. The average molecular weight is 618 g/mol. The molecule has 0 bridgehead atoms. The van der Waals surface area contributed by atoms with Crippen molar-refractivity contribution < 1.29 is 33.6 Å². The van der Waals surface area contributed by atoms with Gasteiger partial charge in [0, 0.05) is 37.9 Å². The lowest BCUT2D eigenvalue weighted by Crippen LogP contribution is -2.62. The lowest BCUT2D eigenvalue weighted by atomic mass is 10.0. The van der Waals surface area contributed by atoms with E-state index >= 15 is 0 Å². The van der Waals surface area contributed by atoms with Crippen molar-refractivity contribution in [3.63, 3.8) is 0 Å². The number of ether oxygens (including phenoxy) is 4. The number of amides is 2. The van der Waals surface area contributed by atoms with Crippen LogP contribution in [0.5, 0.6) is 23.0 Å². The third-order valence-corrected chi connectivity index (χ3v) is 8.72. The highest BCUT2D eigenvalue weighted by Gasteiger charge is 2.50. The average Bonchev–Trinajstić information content (AvgIpc) is 3.51. The fraction of sp³-hybridized carbons (Fsp3) is 0.424. The molecule has 0 aliphatic carbocycles. The Balaban J connectivity index is 1.03. The first-order chi connectivity index (χ1) is 21.6. The zero-order valence-electron chi connectivity index (χ0n) is 25.6. The van der Waals surface area contributed by atoms with Crippen molar-refractivity contribution in [2.45, 2.75) is 50.0 Å². The van der Waals surface area contributed by atoms with Crippen molar-refractivity contribution in [3.05, 3.63) is 59.7 Å². The topological polar surface area (TPSA) is 148 Å². The van der Waals surface area contributed by atoms with Crippen molar-refractivity contribution in [1.82, 2.24) is 9.80 Å². The van der Waals surface area contributed by atoms with Gasteiger partial charge < -0.3 is 44.9 Å². The van der Waals surface area contributed by atoms with Gasteiger partial charge in [0.2, 0.25) is 0 Å². The van der Waals surface area contributed by atoms with Gasteiger partial charge in [-0.05, 0) is 37.8 Å². The number of benzene rings is 2. The molecule has 12 nitrogen and oxygen atoms in total. The summed E-state index contributed by atoms with van der Waals surface area (Å²) in [6.45, 7) is 9.63. The van der Waals surface area contributed by atoms with Gasteiger partial charge in [0.25, 0.3) is 11.8 Å². The molecule has 2 aromatic rings. The van der Waals surface area contributed by atoms with Crippen molar-refractivity contribution >= 4 is 29.4 Å². The molecule has 0 aromatic heterocycles. The van der Waals surface area contributed by atoms with Crippen LogP contribution in [0, 0.1) is 0 Å². The summed E-state index contributed by atoms with van der Waals surface area (Å²) in [6, 6.07) is 6.65. The number of nitrogens with zero attached hydrogens (tertiary/aromatic N) is 3. The summed E-state index contributed by atoms with van der Waals surface area (Å²) >= 11 is 0. The highest BCUT2D eigenvalue weighted by atomic mass is 16.5. The number of rotatable bonds is 10. The number of carbonyl (C=O) groups excluding carboxylic acids is 2. The summed E-state index contributed by atoms with van der Waals surface area (Å²) < 4.78 is 23.1. The number of methoxy groups -OCH3 is 2. The molecule has 12 heteroatoms. The van der Waals surface area contributed by atoms with Crippen LogP contribution in [-0.4, -0.2) is 91.4 Å². The van der Waals surface area contributed by atoms with Crippen LogP contribution in [0.15, 0.2) is 53.6 Å². The maximum atomic E-state index is 13.4. The van der Waals surface area contributed by atoms with Gasteiger partial charge in [-0.2, -0.15) is 0 Å². The normalized spacial score (nSPS) is 23.5. The number of unbranched alkanes of at least 4 members (excludes halogenated alkanes) is 2. The number of anilines is 1. The Morgan fingerprint density at radius 3 is 2.29 bits per heavy atom. The Hall–Kier alpha value is -4.55. The summed E-state index contributed by atoms with van der Waals surface area (Å²) in [7, 11) is 3.06. The molecule has 3 atom stereocenters. The quantitative estimate of drug-likeness (QED) is 0.269. The molecule has 0 spiro atoms. The summed E-state index contributed by atoms with van der Waals surface area (Å²) in [5, 5.41) is 13.9. The zero-order valence-corrected chi connectivity index (χ0v) is 25.6. The Morgan fingerprint density at radius 2 is 1.60 bits per heavy atom. The largest absolute Gasteiger partial charge is 0.493 e. The Bertz CT molecular complexity index is 1590. The molecular weight excluding hydrogens is 578 g/mol. The van der Waals surface area contributed by atoms with Crippen LogP contribution < -0.4 is 30.0 Å². The van der Waals surface area contributed by atoms with Gasteiger partial charge in [-0.25, -0.2) is 0 Å². The fourth-order valence-corrected chi connectivity index (χ4v) is 6.32. The molecule has 238 valence electrons. The van der Waals surface area contributed by atoms with Crippen molar-refractivity contribution in [1.29, 1.82) is 0 Å². The number of hydrogen-bond donors (Lipinski definition) is 3. The Kier molecular flexibility index (Phi) is 8.19. The smallest absolute Gasteiger partial charge is 0.258 e. The minimum absolute atomic E-state index is 0.0808. The van der Waals surface area contributed by atoms with Gasteiger partial charge in [-0.15, -0.1) is 0 Å². The molecule has 4 aliphatic heterocycles. The summed E-state index contributed by atoms with van der Waals surface area (Å²) in [6.07, 6.45) is 3.96. The van der Waals surface area contributed by atoms with Crippen LogP contribution in [0.3, 0.4) is 0 Å². The number of fused-ring (bicyclic) bond motifs is 4. The number of nitrogens with two attached hydrogens (primary N) is 1. The number of aliphatic hydroxyl groups excluding tert-OH is 1. The van der Waals surface area contributed by atoms with E-state index in [0.717, 1.165) is 36.8 Å². The van der Waals surface area contributed by atoms with E-state index < -0.39 is 11.9 Å². The standard InChI is InChI=1S/C33H39N5O7/c1-19-10-21-16-35-24-13-28(26(42-3)11-22(24)30(39)37(21)17-19)44-8-6-5-7-9-45-29-14-25-23(12-27(29)43-4)31(40)38-18-20(2)15-33(38,34)32(41)36-25/h11-14,16,21,32,36,41H,1-2,5-10,15,17-18,34H2,3-4H3/t21-,32-,33-/m0/s1. The van der Waals surface area contributed by atoms with Crippen molar-refractivity contribution in [2.24, 2.45) is 10.7 Å². The van der Waals surface area contributed by atoms with E-state index in [1.807, 2.05) is 6.21 Å². The predicted octanol–water partition coefficient (Wildman–Crippen LogP) is 3.62. The molecule has 0 unspecified atom stereocenters. The van der Waals surface area contributed by atoms with E-state index in [1.54, 1.807) is 36.3 Å². The molecule has 6 rings (SSSR count). The van der Waals surface area contributed by atoms with E-state index in [4.69, 9.17) is 24.7 Å². The van der Waals surface area contributed by atoms with E-state index in [1.165, 1.54) is 12.0 Å². The highest BCUT2D eigenvalue weighted by molar-refractivity contribution is 6.04. The molecule has 0 saturated carbocycles. The predicted molar refractivity (Wildman–Crippen MR) is 169 cm³/mol. The number of hydrogen-bond acceptors (Lipinski definition) is 10. The van der Waals surface area contributed by atoms with Gasteiger partial charge in [0.1, 0.15) is 5.66 Å². The first kappa shape index (κ1) is 30.5. The molecule has 4 heterocycles. The van der Waals surface area contributed by atoms with E-state index in [2.05, 4.69) is 23.5 Å². The van der Waals surface area contributed by atoms with Crippen molar-refractivity contribution in [2.75, 3.05) is 45.8 Å². The van der Waals surface area contributed by atoms with Crippen LogP contribution in [0.1, 0.15) is 52.8 Å². The summed E-state index contributed by atoms with van der Waals surface area (Å²) in [5.74, 6) is 1.48. The molecule has 4 N–H and O–H groups in total. The maximum absolute atomic E-state index is 13.4. The zero-order chi connectivity index (χ0) is 31.9. The Labute approximate surface area is 262 Å². The van der Waals surface area contributed by atoms with Gasteiger partial charge in [0.15, 0.2) is 29.2 Å². The van der Waals surface area contributed by atoms with Gasteiger partial charge in [0.05, 0.1) is 56.0 Å². The second-order valence-corrected chi connectivity index (χ2v) is 11.9. The maximum Gasteiger partial charge on any atom is 0.258 e. The van der Waals surface area contributed by atoms with Crippen LogP contribution in [0.2, 0.25) is 0 Å². The van der Waals surface area contributed by atoms with Gasteiger partial charge in [-0.1, -0.05) is 24.3 Å². The van der Waals surface area contributed by atoms with Gasteiger partial charge in [-0.3, -0.25) is 14.6 Å². The van der Waals surface area contributed by atoms with E-state index in [-0.39, 0.29) is 24.4 Å². The van der Waals surface area contributed by atoms with E-state index in [9.17, 15) is 14.7 Å². The van der Waals surface area contributed by atoms with Crippen molar-refractivity contribution in [3.8, 4) is 23.0 Å². The molecule has 2 aromatic carbocycles. The second kappa shape index (κ2) is 12.1. The number of aliphatic hydroxyl groups is 1. The minimum atomic E-state index is -1.29. The Morgan fingerprint density at radius 1 is 0.933 bits per heavy atom. The van der Waals surface area contributed by atoms with Crippen LogP contribution in [0.25, 0.3) is 0 Å². The first-order valence-electron chi connectivity index (χ1n) is 15.1. The highest BCUT2D eigenvalue weighted by Crippen LogP contribution is 2.42. The SMILES string of the molecule is C=C1C[C@H]2C=Nc3cc(OCCCCCOc4cc5c(cc4OC)C(=O)N4CC(=C)C[C@@]4(N)[C@H](O)N5)c(OC)cc3C(=O)N2C1. The molecule has 0 radical (unpaired) electrons. The van der Waals surface area contributed by atoms with Gasteiger partial charge >= 0.3 is 0 Å². The molecule has 2 saturated heterocycles.